The molecule has 1 aromatic carbocycles. The second-order valence-corrected chi connectivity index (χ2v) is 4.46. The van der Waals surface area contributed by atoms with Crippen LogP contribution in [0.5, 0.6) is 5.75 Å². The van der Waals surface area contributed by atoms with Crippen LogP contribution in [0, 0.1) is 0 Å². The lowest BCUT2D eigenvalue weighted by Gasteiger charge is -2.03. The molecule has 0 unspecified atom stereocenters. The van der Waals surface area contributed by atoms with E-state index >= 15 is 0 Å². The third kappa shape index (κ3) is 3.13. The highest BCUT2D eigenvalue weighted by molar-refractivity contribution is 6.03. The Morgan fingerprint density at radius 1 is 1.37 bits per heavy atom. The Morgan fingerprint density at radius 2 is 2.16 bits per heavy atom. The number of rotatable bonds is 4. The van der Waals surface area contributed by atoms with Crippen LogP contribution in [0.25, 0.3) is 0 Å². The van der Waals surface area contributed by atoms with Crippen molar-refractivity contribution in [2.24, 2.45) is 0 Å². The van der Waals surface area contributed by atoms with Crippen molar-refractivity contribution < 1.29 is 14.1 Å². The first-order chi connectivity index (χ1) is 9.10. The topological polar surface area (TPSA) is 64.4 Å². The SMILES string of the molecule is COc1cccc(C(=O)Nc2cc(C(C)C)on2)c1. The minimum Gasteiger partial charge on any atom is -0.497 e. The van der Waals surface area contributed by atoms with Gasteiger partial charge in [0.1, 0.15) is 11.5 Å². The van der Waals surface area contributed by atoms with Crippen LogP contribution in [-0.2, 0) is 0 Å². The van der Waals surface area contributed by atoms with Crippen LogP contribution < -0.4 is 10.1 Å². The fraction of sp³-hybridized carbons (Fsp3) is 0.286. The van der Waals surface area contributed by atoms with Gasteiger partial charge in [0.2, 0.25) is 0 Å². The molecule has 0 aliphatic rings. The van der Waals surface area contributed by atoms with Crippen molar-refractivity contribution in [3.63, 3.8) is 0 Å². The summed E-state index contributed by atoms with van der Waals surface area (Å²) in [5.41, 5.74) is 0.508. The van der Waals surface area contributed by atoms with Crippen LogP contribution in [0.3, 0.4) is 0 Å². The van der Waals surface area contributed by atoms with E-state index in [1.807, 2.05) is 13.8 Å². The predicted octanol–water partition coefficient (Wildman–Crippen LogP) is 3.06. The molecule has 2 rings (SSSR count). The second-order valence-electron chi connectivity index (χ2n) is 4.46. The molecule has 5 heteroatoms. The highest BCUT2D eigenvalue weighted by atomic mass is 16.5. The first-order valence-corrected chi connectivity index (χ1v) is 6.02. The molecule has 0 aliphatic carbocycles. The largest absolute Gasteiger partial charge is 0.497 e. The fourth-order valence-electron chi connectivity index (χ4n) is 1.57. The number of nitrogens with zero attached hydrogens (tertiary/aromatic N) is 1. The number of amides is 1. The molecule has 1 N–H and O–H groups in total. The number of benzene rings is 1. The van der Waals surface area contributed by atoms with Crippen LogP contribution in [0.4, 0.5) is 5.82 Å². The van der Waals surface area contributed by atoms with Gasteiger partial charge in [0, 0.05) is 17.5 Å². The van der Waals surface area contributed by atoms with Gasteiger partial charge in [-0.2, -0.15) is 0 Å². The lowest BCUT2D eigenvalue weighted by molar-refractivity contribution is 0.102. The molecule has 0 spiro atoms. The van der Waals surface area contributed by atoms with Crippen molar-refractivity contribution >= 4 is 11.7 Å². The van der Waals surface area contributed by atoms with Gasteiger partial charge in [-0.05, 0) is 18.2 Å². The standard InChI is InChI=1S/C14H16N2O3/c1-9(2)12-8-13(16-19-12)15-14(17)10-5-4-6-11(7-10)18-3/h4-9H,1-3H3,(H,15,16,17). The van der Waals surface area contributed by atoms with Crippen LogP contribution in [0.2, 0.25) is 0 Å². The van der Waals surface area contributed by atoms with E-state index in [1.54, 1.807) is 37.4 Å². The molecule has 0 aliphatic heterocycles. The molecular formula is C14H16N2O3. The highest BCUT2D eigenvalue weighted by Crippen LogP contribution is 2.19. The van der Waals surface area contributed by atoms with E-state index in [0.717, 1.165) is 5.76 Å². The van der Waals surface area contributed by atoms with Gasteiger partial charge in [0.25, 0.3) is 5.91 Å². The maximum atomic E-state index is 12.0. The maximum absolute atomic E-state index is 12.0. The molecule has 100 valence electrons. The van der Waals surface area contributed by atoms with E-state index in [0.29, 0.717) is 17.1 Å². The Hall–Kier alpha value is -2.30. The summed E-state index contributed by atoms with van der Waals surface area (Å²) in [6.07, 6.45) is 0. The monoisotopic (exact) mass is 260 g/mol. The van der Waals surface area contributed by atoms with Gasteiger partial charge < -0.3 is 14.6 Å². The van der Waals surface area contributed by atoms with Gasteiger partial charge in [0.05, 0.1) is 7.11 Å². The lowest BCUT2D eigenvalue weighted by Crippen LogP contribution is -2.12. The number of anilines is 1. The van der Waals surface area contributed by atoms with Crippen molar-refractivity contribution in [2.75, 3.05) is 12.4 Å². The van der Waals surface area contributed by atoms with Gasteiger partial charge in [0.15, 0.2) is 5.82 Å². The molecule has 0 fully saturated rings. The summed E-state index contributed by atoms with van der Waals surface area (Å²) in [4.78, 5) is 12.0. The third-order valence-electron chi connectivity index (χ3n) is 2.67. The number of ether oxygens (including phenoxy) is 1. The number of carbonyl (C=O) groups is 1. The summed E-state index contributed by atoms with van der Waals surface area (Å²) in [7, 11) is 1.56. The molecule has 0 atom stereocenters. The van der Waals surface area contributed by atoms with E-state index in [1.165, 1.54) is 0 Å². The van der Waals surface area contributed by atoms with Gasteiger partial charge in [-0.25, -0.2) is 0 Å². The van der Waals surface area contributed by atoms with Crippen molar-refractivity contribution in [3.05, 3.63) is 41.7 Å². The van der Waals surface area contributed by atoms with Crippen molar-refractivity contribution in [2.45, 2.75) is 19.8 Å². The summed E-state index contributed by atoms with van der Waals surface area (Å²) in [5, 5.41) is 6.49. The molecule has 0 saturated heterocycles. The summed E-state index contributed by atoms with van der Waals surface area (Å²) < 4.78 is 10.2. The van der Waals surface area contributed by atoms with Crippen molar-refractivity contribution in [3.8, 4) is 5.75 Å². The number of aromatic nitrogens is 1. The molecular weight excluding hydrogens is 244 g/mol. The Morgan fingerprint density at radius 3 is 2.79 bits per heavy atom. The maximum Gasteiger partial charge on any atom is 0.257 e. The Balaban J connectivity index is 2.11. The van der Waals surface area contributed by atoms with Crippen LogP contribution in [0.15, 0.2) is 34.9 Å². The Bertz CT molecular complexity index is 576. The number of nitrogens with one attached hydrogen (secondary N) is 1. The van der Waals surface area contributed by atoms with Crippen molar-refractivity contribution in [1.29, 1.82) is 0 Å². The van der Waals surface area contributed by atoms with Gasteiger partial charge >= 0.3 is 0 Å². The molecule has 1 heterocycles. The zero-order chi connectivity index (χ0) is 13.8. The van der Waals surface area contributed by atoms with Gasteiger partial charge in [-0.1, -0.05) is 25.1 Å². The number of hydrogen-bond donors (Lipinski definition) is 1. The number of hydrogen-bond acceptors (Lipinski definition) is 4. The van der Waals surface area contributed by atoms with Gasteiger partial charge in [-0.3, -0.25) is 4.79 Å². The summed E-state index contributed by atoms with van der Waals surface area (Å²) in [6, 6.07) is 8.64. The summed E-state index contributed by atoms with van der Waals surface area (Å²) >= 11 is 0. The predicted molar refractivity (Wildman–Crippen MR) is 71.5 cm³/mol. The van der Waals surface area contributed by atoms with Crippen LogP contribution >= 0.6 is 0 Å². The summed E-state index contributed by atoms with van der Waals surface area (Å²) in [6.45, 7) is 3.99. The molecule has 5 nitrogen and oxygen atoms in total. The first kappa shape index (κ1) is 13.1. The average molecular weight is 260 g/mol. The van der Waals surface area contributed by atoms with Crippen molar-refractivity contribution in [1.82, 2.24) is 5.16 Å². The average Bonchev–Trinajstić information content (AvgIpc) is 2.87. The Labute approximate surface area is 111 Å². The minimum atomic E-state index is -0.248. The third-order valence-corrected chi connectivity index (χ3v) is 2.67. The van der Waals surface area contributed by atoms with E-state index in [2.05, 4.69) is 10.5 Å². The zero-order valence-electron chi connectivity index (χ0n) is 11.1. The normalized spacial score (nSPS) is 10.5. The number of methoxy groups -OCH3 is 1. The smallest absolute Gasteiger partial charge is 0.257 e. The van der Waals surface area contributed by atoms with E-state index < -0.39 is 0 Å². The lowest BCUT2D eigenvalue weighted by atomic mass is 10.1. The van der Waals surface area contributed by atoms with Crippen LogP contribution in [-0.4, -0.2) is 18.2 Å². The molecule has 0 saturated carbocycles. The molecule has 2 aromatic rings. The zero-order valence-corrected chi connectivity index (χ0v) is 11.1. The highest BCUT2D eigenvalue weighted by Gasteiger charge is 2.12. The molecule has 1 aromatic heterocycles. The molecule has 0 radical (unpaired) electrons. The summed E-state index contributed by atoms with van der Waals surface area (Å²) in [5.74, 6) is 1.77. The van der Waals surface area contributed by atoms with Crippen LogP contribution in [0.1, 0.15) is 35.9 Å². The number of carbonyl (C=O) groups excluding carboxylic acids is 1. The fourth-order valence-corrected chi connectivity index (χ4v) is 1.57. The molecule has 1 amide bonds. The van der Waals surface area contributed by atoms with E-state index in [4.69, 9.17) is 9.26 Å². The molecule has 0 bridgehead atoms. The Kier molecular flexibility index (Phi) is 3.85. The first-order valence-electron chi connectivity index (χ1n) is 6.02. The second kappa shape index (κ2) is 5.56. The van der Waals surface area contributed by atoms with E-state index in [9.17, 15) is 4.79 Å². The molecule has 19 heavy (non-hydrogen) atoms. The minimum absolute atomic E-state index is 0.231. The van der Waals surface area contributed by atoms with Gasteiger partial charge in [-0.15, -0.1) is 0 Å². The van der Waals surface area contributed by atoms with E-state index in [-0.39, 0.29) is 11.8 Å². The quantitative estimate of drug-likeness (QED) is 0.917.